The highest BCUT2D eigenvalue weighted by Crippen LogP contribution is 2.24. The van der Waals surface area contributed by atoms with E-state index in [0.29, 0.717) is 6.54 Å². The number of halogens is 1. The van der Waals surface area contributed by atoms with Crippen LogP contribution in [0, 0.1) is 11.7 Å². The molecular weight excluding hydrogens is 245 g/mol. The van der Waals surface area contributed by atoms with Gasteiger partial charge < -0.3 is 10.4 Å². The predicted molar refractivity (Wildman–Crippen MR) is 71.8 cm³/mol. The van der Waals surface area contributed by atoms with Crippen LogP contribution in [0.5, 0.6) is 0 Å². The summed E-state index contributed by atoms with van der Waals surface area (Å²) in [4.78, 5) is 11.6. The second-order valence-corrected chi connectivity index (χ2v) is 4.89. The molecule has 1 fully saturated rings. The van der Waals surface area contributed by atoms with Gasteiger partial charge in [-0.25, -0.2) is 4.39 Å². The fourth-order valence-electron chi connectivity index (χ4n) is 2.29. The predicted octanol–water partition coefficient (Wildman–Crippen LogP) is 2.12. The summed E-state index contributed by atoms with van der Waals surface area (Å²) in [5.74, 6) is -0.316. The van der Waals surface area contributed by atoms with Crippen molar-refractivity contribution in [1.29, 1.82) is 0 Å². The zero-order valence-electron chi connectivity index (χ0n) is 10.7. The number of aliphatic hydroxyl groups is 1. The standard InChI is InChI=1S/C15H18FNO2/c16-13-7-4-11(5-8-13)6-9-15(19)17-10-12-2-1-3-14(12)18/h4-9,12,14,18H,1-3,10H2,(H,17,19). The minimum atomic E-state index is -0.295. The third-order valence-corrected chi connectivity index (χ3v) is 3.45. The normalized spacial score (nSPS) is 22.8. The summed E-state index contributed by atoms with van der Waals surface area (Å²) in [6.45, 7) is 0.508. The zero-order chi connectivity index (χ0) is 13.7. The smallest absolute Gasteiger partial charge is 0.244 e. The van der Waals surface area contributed by atoms with Gasteiger partial charge in [-0.05, 0) is 36.6 Å². The number of hydrogen-bond acceptors (Lipinski definition) is 2. The van der Waals surface area contributed by atoms with Gasteiger partial charge in [-0.2, -0.15) is 0 Å². The number of rotatable bonds is 4. The van der Waals surface area contributed by atoms with Gasteiger partial charge in [0, 0.05) is 18.5 Å². The van der Waals surface area contributed by atoms with Crippen LogP contribution in [0.2, 0.25) is 0 Å². The Morgan fingerprint density at radius 3 is 2.74 bits per heavy atom. The second kappa shape index (κ2) is 6.48. The maximum Gasteiger partial charge on any atom is 0.244 e. The molecule has 2 N–H and O–H groups in total. The van der Waals surface area contributed by atoms with Gasteiger partial charge in [0.15, 0.2) is 0 Å². The molecule has 2 rings (SSSR count). The van der Waals surface area contributed by atoms with Crippen molar-refractivity contribution in [3.63, 3.8) is 0 Å². The molecule has 1 amide bonds. The third-order valence-electron chi connectivity index (χ3n) is 3.45. The Hall–Kier alpha value is -1.68. The van der Waals surface area contributed by atoms with E-state index in [1.807, 2.05) is 0 Å². The van der Waals surface area contributed by atoms with Crippen LogP contribution >= 0.6 is 0 Å². The van der Waals surface area contributed by atoms with Gasteiger partial charge in [-0.3, -0.25) is 4.79 Å². The van der Waals surface area contributed by atoms with Crippen molar-refractivity contribution in [2.75, 3.05) is 6.54 Å². The van der Waals surface area contributed by atoms with Crippen LogP contribution in [0.3, 0.4) is 0 Å². The molecule has 1 aliphatic carbocycles. The monoisotopic (exact) mass is 263 g/mol. The van der Waals surface area contributed by atoms with E-state index in [0.717, 1.165) is 24.8 Å². The Bertz CT molecular complexity index is 456. The molecule has 1 saturated carbocycles. The summed E-state index contributed by atoms with van der Waals surface area (Å²) in [6, 6.07) is 5.93. The molecule has 102 valence electrons. The zero-order valence-corrected chi connectivity index (χ0v) is 10.7. The average molecular weight is 263 g/mol. The number of aliphatic hydroxyl groups excluding tert-OH is 1. The lowest BCUT2D eigenvalue weighted by Crippen LogP contribution is -2.31. The van der Waals surface area contributed by atoms with Crippen molar-refractivity contribution in [1.82, 2.24) is 5.32 Å². The lowest BCUT2D eigenvalue weighted by molar-refractivity contribution is -0.116. The summed E-state index contributed by atoms with van der Waals surface area (Å²) >= 11 is 0. The molecule has 0 bridgehead atoms. The first kappa shape index (κ1) is 13.7. The second-order valence-electron chi connectivity index (χ2n) is 4.89. The van der Waals surface area contributed by atoms with Crippen LogP contribution in [0.1, 0.15) is 24.8 Å². The Morgan fingerprint density at radius 1 is 1.37 bits per heavy atom. The van der Waals surface area contributed by atoms with Crippen LogP contribution in [-0.2, 0) is 4.79 Å². The molecule has 2 unspecified atom stereocenters. The maximum atomic E-state index is 12.7. The topological polar surface area (TPSA) is 49.3 Å². The van der Waals surface area contributed by atoms with Gasteiger partial charge in [-0.15, -0.1) is 0 Å². The highest BCUT2D eigenvalue weighted by molar-refractivity contribution is 5.91. The van der Waals surface area contributed by atoms with E-state index in [1.54, 1.807) is 18.2 Å². The molecule has 0 spiro atoms. The highest BCUT2D eigenvalue weighted by atomic mass is 19.1. The molecular formula is C15H18FNO2. The van der Waals surface area contributed by atoms with E-state index in [2.05, 4.69) is 5.32 Å². The Kier molecular flexibility index (Phi) is 4.68. The summed E-state index contributed by atoms with van der Waals surface area (Å²) in [5.41, 5.74) is 0.775. The first-order chi connectivity index (χ1) is 9.15. The molecule has 2 atom stereocenters. The van der Waals surface area contributed by atoms with Crippen molar-refractivity contribution in [2.45, 2.75) is 25.4 Å². The molecule has 0 saturated heterocycles. The number of benzene rings is 1. The quantitative estimate of drug-likeness (QED) is 0.817. The number of carbonyl (C=O) groups excluding carboxylic acids is 1. The summed E-state index contributed by atoms with van der Waals surface area (Å²) in [5, 5.41) is 12.4. The fraction of sp³-hybridized carbons (Fsp3) is 0.400. The molecule has 0 aliphatic heterocycles. The number of carbonyl (C=O) groups is 1. The Morgan fingerprint density at radius 2 is 2.11 bits per heavy atom. The van der Waals surface area contributed by atoms with Gasteiger partial charge >= 0.3 is 0 Å². The average Bonchev–Trinajstić information content (AvgIpc) is 2.81. The fourth-order valence-corrected chi connectivity index (χ4v) is 2.29. The lowest BCUT2D eigenvalue weighted by Gasteiger charge is -2.13. The number of amides is 1. The summed E-state index contributed by atoms with van der Waals surface area (Å²) < 4.78 is 12.7. The summed E-state index contributed by atoms with van der Waals surface area (Å²) in [6.07, 6.45) is 5.58. The van der Waals surface area contributed by atoms with Gasteiger partial charge in [-0.1, -0.05) is 18.6 Å². The first-order valence-electron chi connectivity index (χ1n) is 6.54. The molecule has 3 nitrogen and oxygen atoms in total. The molecule has 0 radical (unpaired) electrons. The molecule has 1 aromatic carbocycles. The van der Waals surface area contributed by atoms with Crippen molar-refractivity contribution < 1.29 is 14.3 Å². The molecule has 0 aromatic heterocycles. The minimum Gasteiger partial charge on any atom is -0.393 e. The minimum absolute atomic E-state index is 0.170. The number of hydrogen-bond donors (Lipinski definition) is 2. The van der Waals surface area contributed by atoms with Crippen LogP contribution in [0.15, 0.2) is 30.3 Å². The van der Waals surface area contributed by atoms with Crippen LogP contribution < -0.4 is 5.32 Å². The largest absolute Gasteiger partial charge is 0.393 e. The van der Waals surface area contributed by atoms with E-state index in [4.69, 9.17) is 0 Å². The van der Waals surface area contributed by atoms with Gasteiger partial charge in [0.05, 0.1) is 6.10 Å². The maximum absolute atomic E-state index is 12.7. The van der Waals surface area contributed by atoms with Gasteiger partial charge in [0.25, 0.3) is 0 Å². The third kappa shape index (κ3) is 4.17. The highest BCUT2D eigenvalue weighted by Gasteiger charge is 2.24. The van der Waals surface area contributed by atoms with Crippen molar-refractivity contribution in [3.8, 4) is 0 Å². The van der Waals surface area contributed by atoms with Gasteiger partial charge in [0.1, 0.15) is 5.82 Å². The van der Waals surface area contributed by atoms with E-state index in [-0.39, 0.29) is 23.7 Å². The molecule has 0 heterocycles. The van der Waals surface area contributed by atoms with Crippen LogP contribution in [-0.4, -0.2) is 23.7 Å². The van der Waals surface area contributed by atoms with E-state index in [1.165, 1.54) is 18.2 Å². The van der Waals surface area contributed by atoms with E-state index in [9.17, 15) is 14.3 Å². The van der Waals surface area contributed by atoms with Crippen LogP contribution in [0.4, 0.5) is 4.39 Å². The lowest BCUT2D eigenvalue weighted by atomic mass is 10.1. The van der Waals surface area contributed by atoms with Crippen LogP contribution in [0.25, 0.3) is 6.08 Å². The van der Waals surface area contributed by atoms with Crippen molar-refractivity contribution >= 4 is 12.0 Å². The first-order valence-corrected chi connectivity index (χ1v) is 6.54. The van der Waals surface area contributed by atoms with Crippen molar-refractivity contribution in [3.05, 3.63) is 41.7 Å². The van der Waals surface area contributed by atoms with Gasteiger partial charge in [0.2, 0.25) is 5.91 Å². The molecule has 4 heteroatoms. The Labute approximate surface area is 112 Å². The Balaban J connectivity index is 1.79. The summed E-state index contributed by atoms with van der Waals surface area (Å²) in [7, 11) is 0. The van der Waals surface area contributed by atoms with Crippen molar-refractivity contribution in [2.24, 2.45) is 5.92 Å². The molecule has 1 aromatic rings. The van der Waals surface area contributed by atoms with E-state index >= 15 is 0 Å². The SMILES string of the molecule is O=C(C=Cc1ccc(F)cc1)NCC1CCCC1O. The number of nitrogens with one attached hydrogen (secondary N) is 1. The molecule has 19 heavy (non-hydrogen) atoms. The molecule has 1 aliphatic rings. The van der Waals surface area contributed by atoms with E-state index < -0.39 is 0 Å².